The summed E-state index contributed by atoms with van der Waals surface area (Å²) in [7, 11) is 1.66. The SMILES string of the molecule is CCOC(=O)c1c(C)[nH]c(C(=O)COC(=O)C(=O)c2c(C)nn(C)c2C)c1C. The molecule has 0 bridgehead atoms. The Hall–Kier alpha value is -3.23. The molecule has 0 aliphatic carbocycles. The molecule has 0 spiro atoms. The van der Waals surface area contributed by atoms with Crippen LogP contribution in [0, 0.1) is 27.7 Å². The van der Waals surface area contributed by atoms with Crippen molar-refractivity contribution in [1.82, 2.24) is 14.8 Å². The minimum atomic E-state index is -1.14. The first-order valence-corrected chi connectivity index (χ1v) is 8.71. The number of aryl methyl sites for hydroxylation is 3. The lowest BCUT2D eigenvalue weighted by atomic mass is 10.1. The third-order valence-corrected chi connectivity index (χ3v) is 4.45. The number of ketones is 2. The molecule has 0 saturated carbocycles. The van der Waals surface area contributed by atoms with Crippen molar-refractivity contribution < 1.29 is 28.7 Å². The van der Waals surface area contributed by atoms with E-state index in [0.29, 0.717) is 22.6 Å². The number of H-pyrrole nitrogens is 1. The van der Waals surface area contributed by atoms with Gasteiger partial charge in [-0.25, -0.2) is 9.59 Å². The van der Waals surface area contributed by atoms with Gasteiger partial charge in [0.15, 0.2) is 6.61 Å². The standard InChI is InChI=1S/C19H23N3O6/c1-7-27-18(25)14-9(2)16(20-10(14)3)13(23)8-28-19(26)17(24)15-11(4)21-22(6)12(15)5/h20H,7-8H2,1-6H3. The summed E-state index contributed by atoms with van der Waals surface area (Å²) in [5, 5.41) is 4.08. The summed E-state index contributed by atoms with van der Waals surface area (Å²) in [4.78, 5) is 51.7. The van der Waals surface area contributed by atoms with Crippen LogP contribution in [0.3, 0.4) is 0 Å². The van der Waals surface area contributed by atoms with E-state index in [1.165, 1.54) is 4.68 Å². The van der Waals surface area contributed by atoms with E-state index in [-0.39, 0.29) is 23.4 Å². The van der Waals surface area contributed by atoms with Gasteiger partial charge in [-0.1, -0.05) is 0 Å². The third-order valence-electron chi connectivity index (χ3n) is 4.45. The molecule has 0 aliphatic rings. The maximum atomic E-state index is 12.4. The largest absolute Gasteiger partial charge is 0.462 e. The van der Waals surface area contributed by atoms with Crippen LogP contribution in [-0.2, 0) is 21.3 Å². The Bertz CT molecular complexity index is 967. The number of Topliss-reactive ketones (excluding diaryl/α,β-unsaturated/α-hetero) is 2. The lowest BCUT2D eigenvalue weighted by molar-refractivity contribution is -0.137. The Balaban J connectivity index is 2.12. The van der Waals surface area contributed by atoms with Crippen molar-refractivity contribution in [3.63, 3.8) is 0 Å². The Kier molecular flexibility index (Phi) is 6.17. The molecule has 0 fully saturated rings. The van der Waals surface area contributed by atoms with E-state index in [4.69, 9.17) is 9.47 Å². The Morgan fingerprint density at radius 2 is 1.68 bits per heavy atom. The molecular weight excluding hydrogens is 366 g/mol. The smallest absolute Gasteiger partial charge is 0.380 e. The first-order valence-electron chi connectivity index (χ1n) is 8.71. The number of ether oxygens (including phenoxy) is 2. The molecule has 0 amide bonds. The van der Waals surface area contributed by atoms with Gasteiger partial charge in [-0.15, -0.1) is 0 Å². The number of rotatable bonds is 7. The van der Waals surface area contributed by atoms with Crippen LogP contribution in [0.2, 0.25) is 0 Å². The molecule has 2 heterocycles. The van der Waals surface area contributed by atoms with Crippen molar-refractivity contribution in [2.45, 2.75) is 34.6 Å². The Morgan fingerprint density at radius 3 is 2.21 bits per heavy atom. The first-order chi connectivity index (χ1) is 13.1. The molecule has 9 nitrogen and oxygen atoms in total. The van der Waals surface area contributed by atoms with Crippen molar-refractivity contribution in [2.75, 3.05) is 13.2 Å². The van der Waals surface area contributed by atoms with Gasteiger partial charge < -0.3 is 14.5 Å². The zero-order valence-corrected chi connectivity index (χ0v) is 16.8. The van der Waals surface area contributed by atoms with E-state index in [2.05, 4.69) is 10.1 Å². The fraction of sp³-hybridized carbons (Fsp3) is 0.421. The minimum absolute atomic E-state index is 0.134. The topological polar surface area (TPSA) is 120 Å². The van der Waals surface area contributed by atoms with E-state index in [9.17, 15) is 19.2 Å². The van der Waals surface area contributed by atoms with Crippen LogP contribution in [0.25, 0.3) is 0 Å². The number of esters is 2. The number of hydrogen-bond donors (Lipinski definition) is 1. The second-order valence-electron chi connectivity index (χ2n) is 6.34. The zero-order chi connectivity index (χ0) is 21.2. The van der Waals surface area contributed by atoms with Crippen molar-refractivity contribution >= 4 is 23.5 Å². The van der Waals surface area contributed by atoms with Gasteiger partial charge in [-0.05, 0) is 40.2 Å². The fourth-order valence-corrected chi connectivity index (χ4v) is 3.01. The summed E-state index contributed by atoms with van der Waals surface area (Å²) in [5.74, 6) is -3.10. The molecule has 9 heteroatoms. The van der Waals surface area contributed by atoms with Crippen molar-refractivity contribution in [3.05, 3.63) is 39.5 Å². The monoisotopic (exact) mass is 389 g/mol. The number of carbonyl (C=O) groups excluding carboxylic acids is 4. The van der Waals surface area contributed by atoms with Crippen molar-refractivity contribution in [2.24, 2.45) is 7.05 Å². The van der Waals surface area contributed by atoms with Crippen molar-refractivity contribution in [3.8, 4) is 0 Å². The molecule has 0 aliphatic heterocycles. The second kappa shape index (κ2) is 8.20. The molecule has 0 unspecified atom stereocenters. The lowest BCUT2D eigenvalue weighted by Crippen LogP contribution is -2.23. The van der Waals surface area contributed by atoms with Gasteiger partial charge >= 0.3 is 11.9 Å². The summed E-state index contributed by atoms with van der Waals surface area (Å²) >= 11 is 0. The molecule has 0 radical (unpaired) electrons. The maximum Gasteiger partial charge on any atom is 0.380 e. The molecule has 28 heavy (non-hydrogen) atoms. The van der Waals surface area contributed by atoms with E-state index in [0.717, 1.165) is 0 Å². The summed E-state index contributed by atoms with van der Waals surface area (Å²) in [5.41, 5.74) is 2.38. The summed E-state index contributed by atoms with van der Waals surface area (Å²) in [6, 6.07) is 0. The number of carbonyl (C=O) groups is 4. The molecule has 0 aromatic carbocycles. The summed E-state index contributed by atoms with van der Waals surface area (Å²) < 4.78 is 11.4. The number of aromatic amines is 1. The van der Waals surface area contributed by atoms with Gasteiger partial charge in [-0.3, -0.25) is 14.3 Å². The molecular formula is C19H23N3O6. The Labute approximate surface area is 162 Å². The molecule has 150 valence electrons. The number of nitrogens with one attached hydrogen (secondary N) is 1. The quantitative estimate of drug-likeness (QED) is 0.435. The highest BCUT2D eigenvalue weighted by atomic mass is 16.5. The number of aromatic nitrogens is 3. The number of hydrogen-bond acceptors (Lipinski definition) is 7. The van der Waals surface area contributed by atoms with Crippen LogP contribution in [0.15, 0.2) is 0 Å². The predicted molar refractivity (Wildman–Crippen MR) is 98.5 cm³/mol. The highest BCUT2D eigenvalue weighted by Crippen LogP contribution is 2.20. The van der Waals surface area contributed by atoms with Gasteiger partial charge in [0.25, 0.3) is 5.78 Å². The van der Waals surface area contributed by atoms with Gasteiger partial charge in [0.1, 0.15) is 0 Å². The van der Waals surface area contributed by atoms with Gasteiger partial charge in [0, 0.05) is 18.4 Å². The highest BCUT2D eigenvalue weighted by Gasteiger charge is 2.27. The van der Waals surface area contributed by atoms with Crippen LogP contribution < -0.4 is 0 Å². The number of nitrogens with zero attached hydrogens (tertiary/aromatic N) is 2. The van der Waals surface area contributed by atoms with Crippen LogP contribution in [0.4, 0.5) is 0 Å². The van der Waals surface area contributed by atoms with E-state index in [1.807, 2.05) is 0 Å². The predicted octanol–water partition coefficient (Wildman–Crippen LogP) is 1.77. The minimum Gasteiger partial charge on any atom is -0.462 e. The van der Waals surface area contributed by atoms with E-state index >= 15 is 0 Å². The maximum absolute atomic E-state index is 12.4. The van der Waals surface area contributed by atoms with E-state index in [1.54, 1.807) is 41.7 Å². The molecule has 2 aromatic heterocycles. The van der Waals surface area contributed by atoms with Crippen LogP contribution in [0.5, 0.6) is 0 Å². The fourth-order valence-electron chi connectivity index (χ4n) is 3.01. The molecule has 1 N–H and O–H groups in total. The zero-order valence-electron chi connectivity index (χ0n) is 16.8. The Morgan fingerprint density at radius 1 is 1.04 bits per heavy atom. The lowest BCUT2D eigenvalue weighted by Gasteiger charge is -2.05. The molecule has 2 aromatic rings. The summed E-state index contributed by atoms with van der Waals surface area (Å²) in [6.07, 6.45) is 0. The summed E-state index contributed by atoms with van der Waals surface area (Å²) in [6.45, 7) is 7.76. The average Bonchev–Trinajstić information content (AvgIpc) is 3.06. The van der Waals surface area contributed by atoms with E-state index < -0.39 is 30.1 Å². The highest BCUT2D eigenvalue weighted by molar-refractivity contribution is 6.41. The van der Waals surface area contributed by atoms with Gasteiger partial charge in [0.2, 0.25) is 5.78 Å². The van der Waals surface area contributed by atoms with Gasteiger partial charge in [-0.2, -0.15) is 5.10 Å². The molecule has 0 atom stereocenters. The van der Waals surface area contributed by atoms with Crippen LogP contribution in [0.1, 0.15) is 60.8 Å². The van der Waals surface area contributed by atoms with Crippen molar-refractivity contribution in [1.29, 1.82) is 0 Å². The third kappa shape index (κ3) is 3.88. The molecule has 0 saturated heterocycles. The van der Waals surface area contributed by atoms with Gasteiger partial charge in [0.05, 0.1) is 29.1 Å². The average molecular weight is 389 g/mol. The second-order valence-corrected chi connectivity index (χ2v) is 6.34. The van der Waals surface area contributed by atoms with Crippen LogP contribution >= 0.6 is 0 Å². The van der Waals surface area contributed by atoms with Crippen LogP contribution in [-0.4, -0.2) is 51.5 Å². The molecule has 2 rings (SSSR count). The normalized spacial score (nSPS) is 10.6. The first kappa shape index (κ1) is 21.1.